The van der Waals surface area contributed by atoms with E-state index in [1.807, 2.05) is 20.0 Å². The normalized spacial score (nSPS) is 9.86. The van der Waals surface area contributed by atoms with Gasteiger partial charge in [0.05, 0.1) is 11.6 Å². The van der Waals surface area contributed by atoms with Crippen LogP contribution in [0.25, 0.3) is 0 Å². The molecule has 1 aromatic carbocycles. The first-order chi connectivity index (χ1) is 6.69. The number of nitrogens with zero attached hydrogens (tertiary/aromatic N) is 1. The Morgan fingerprint density at radius 2 is 2.07 bits per heavy atom. The van der Waals surface area contributed by atoms with E-state index < -0.39 is 0 Å². The van der Waals surface area contributed by atoms with E-state index in [9.17, 15) is 0 Å². The summed E-state index contributed by atoms with van der Waals surface area (Å²) in [4.78, 5) is 0. The van der Waals surface area contributed by atoms with Gasteiger partial charge in [-0.15, -0.1) is 0 Å². The van der Waals surface area contributed by atoms with Crippen molar-refractivity contribution in [1.82, 2.24) is 5.32 Å². The molecular weight excluding hydrogens is 172 g/mol. The lowest BCUT2D eigenvalue weighted by atomic mass is 9.99. The fourth-order valence-electron chi connectivity index (χ4n) is 1.46. The highest BCUT2D eigenvalue weighted by molar-refractivity contribution is 5.44. The van der Waals surface area contributed by atoms with Crippen molar-refractivity contribution in [2.24, 2.45) is 0 Å². The highest BCUT2D eigenvalue weighted by atomic mass is 14.8. The SMILES string of the molecule is CNCCc1cc(C)c(C)c(C#N)c1. The average Bonchev–Trinajstić information content (AvgIpc) is 2.19. The third-order valence-corrected chi connectivity index (χ3v) is 2.51. The van der Waals surface area contributed by atoms with Gasteiger partial charge in [-0.2, -0.15) is 5.26 Å². The zero-order chi connectivity index (χ0) is 10.6. The maximum absolute atomic E-state index is 8.93. The predicted octanol–water partition coefficient (Wildman–Crippen LogP) is 1.94. The number of hydrogen-bond donors (Lipinski definition) is 1. The van der Waals surface area contributed by atoms with Gasteiger partial charge < -0.3 is 5.32 Å². The van der Waals surface area contributed by atoms with Crippen LogP contribution in [0.1, 0.15) is 22.3 Å². The molecule has 0 aliphatic heterocycles. The highest BCUT2D eigenvalue weighted by Crippen LogP contribution is 2.15. The van der Waals surface area contributed by atoms with Crippen molar-refractivity contribution in [1.29, 1.82) is 5.26 Å². The molecule has 0 heterocycles. The molecule has 0 aliphatic rings. The zero-order valence-corrected chi connectivity index (χ0v) is 9.02. The minimum atomic E-state index is 0.802. The lowest BCUT2D eigenvalue weighted by molar-refractivity contribution is 0.791. The first-order valence-electron chi connectivity index (χ1n) is 4.84. The molecule has 0 saturated heterocycles. The fourth-order valence-corrected chi connectivity index (χ4v) is 1.46. The summed E-state index contributed by atoms with van der Waals surface area (Å²) in [6.45, 7) is 5.00. The number of hydrogen-bond acceptors (Lipinski definition) is 2. The molecule has 0 saturated carbocycles. The molecule has 0 bridgehead atoms. The molecule has 0 radical (unpaired) electrons. The number of rotatable bonds is 3. The van der Waals surface area contributed by atoms with Crippen LogP contribution >= 0.6 is 0 Å². The lowest BCUT2D eigenvalue weighted by Gasteiger charge is -2.07. The molecule has 2 heteroatoms. The van der Waals surface area contributed by atoms with E-state index in [-0.39, 0.29) is 0 Å². The van der Waals surface area contributed by atoms with Crippen LogP contribution in [0.3, 0.4) is 0 Å². The number of benzene rings is 1. The van der Waals surface area contributed by atoms with Gasteiger partial charge in [-0.1, -0.05) is 6.07 Å². The summed E-state index contributed by atoms with van der Waals surface area (Å²) in [5.74, 6) is 0. The quantitative estimate of drug-likeness (QED) is 0.786. The van der Waals surface area contributed by atoms with Gasteiger partial charge in [-0.25, -0.2) is 0 Å². The van der Waals surface area contributed by atoms with Gasteiger partial charge in [0.1, 0.15) is 0 Å². The molecule has 0 aromatic heterocycles. The van der Waals surface area contributed by atoms with Crippen molar-refractivity contribution in [2.75, 3.05) is 13.6 Å². The first kappa shape index (κ1) is 10.7. The van der Waals surface area contributed by atoms with Crippen molar-refractivity contribution in [3.63, 3.8) is 0 Å². The van der Waals surface area contributed by atoms with Crippen LogP contribution < -0.4 is 5.32 Å². The van der Waals surface area contributed by atoms with Gasteiger partial charge in [0.15, 0.2) is 0 Å². The van der Waals surface area contributed by atoms with E-state index in [2.05, 4.69) is 24.4 Å². The fraction of sp³-hybridized carbons (Fsp3) is 0.417. The van der Waals surface area contributed by atoms with Crippen LogP contribution in [-0.2, 0) is 6.42 Å². The molecule has 0 atom stereocenters. The standard InChI is InChI=1S/C12H16N2/c1-9-6-11(4-5-14-3)7-12(8-13)10(9)2/h6-7,14H,4-5H2,1-3H3. The Morgan fingerprint density at radius 1 is 1.36 bits per heavy atom. The van der Waals surface area contributed by atoms with Crippen molar-refractivity contribution in [3.8, 4) is 6.07 Å². The van der Waals surface area contributed by atoms with Crippen molar-refractivity contribution in [2.45, 2.75) is 20.3 Å². The molecule has 74 valence electrons. The maximum Gasteiger partial charge on any atom is 0.0994 e. The monoisotopic (exact) mass is 188 g/mol. The third kappa shape index (κ3) is 2.34. The molecule has 1 rings (SSSR count). The Bertz CT molecular complexity index is 361. The van der Waals surface area contributed by atoms with Crippen LogP contribution in [0, 0.1) is 25.2 Å². The van der Waals surface area contributed by atoms with Crippen LogP contribution in [0.2, 0.25) is 0 Å². The third-order valence-electron chi connectivity index (χ3n) is 2.51. The van der Waals surface area contributed by atoms with Crippen LogP contribution in [0.4, 0.5) is 0 Å². The van der Waals surface area contributed by atoms with Crippen molar-refractivity contribution >= 4 is 0 Å². The molecule has 1 aromatic rings. The Morgan fingerprint density at radius 3 is 2.64 bits per heavy atom. The molecule has 14 heavy (non-hydrogen) atoms. The maximum atomic E-state index is 8.93. The number of nitriles is 1. The molecular formula is C12H16N2. The molecule has 0 spiro atoms. The van der Waals surface area contributed by atoms with E-state index in [0.717, 1.165) is 24.1 Å². The molecule has 1 N–H and O–H groups in total. The minimum Gasteiger partial charge on any atom is -0.319 e. The largest absolute Gasteiger partial charge is 0.319 e. The van der Waals surface area contributed by atoms with Gasteiger partial charge in [-0.3, -0.25) is 0 Å². The van der Waals surface area contributed by atoms with Crippen LogP contribution in [-0.4, -0.2) is 13.6 Å². The Kier molecular flexibility index (Phi) is 3.67. The summed E-state index contributed by atoms with van der Waals surface area (Å²) in [7, 11) is 1.94. The van der Waals surface area contributed by atoms with E-state index in [1.54, 1.807) is 0 Å². The Balaban J connectivity index is 2.99. The summed E-state index contributed by atoms with van der Waals surface area (Å²) in [5.41, 5.74) is 4.34. The second-order valence-corrected chi connectivity index (χ2v) is 3.55. The summed E-state index contributed by atoms with van der Waals surface area (Å²) < 4.78 is 0. The summed E-state index contributed by atoms with van der Waals surface area (Å²) >= 11 is 0. The zero-order valence-electron chi connectivity index (χ0n) is 9.02. The molecule has 0 unspecified atom stereocenters. The van der Waals surface area contributed by atoms with E-state index in [4.69, 9.17) is 5.26 Å². The van der Waals surface area contributed by atoms with Gasteiger partial charge in [0.2, 0.25) is 0 Å². The average molecular weight is 188 g/mol. The minimum absolute atomic E-state index is 0.802. The molecule has 2 nitrogen and oxygen atoms in total. The number of likely N-dealkylation sites (N-methyl/N-ethyl adjacent to an activating group) is 1. The van der Waals surface area contributed by atoms with E-state index in [1.165, 1.54) is 11.1 Å². The second-order valence-electron chi connectivity index (χ2n) is 3.55. The smallest absolute Gasteiger partial charge is 0.0994 e. The highest BCUT2D eigenvalue weighted by Gasteiger charge is 2.03. The van der Waals surface area contributed by atoms with Crippen molar-refractivity contribution < 1.29 is 0 Å². The Hall–Kier alpha value is -1.33. The second kappa shape index (κ2) is 4.78. The molecule has 0 amide bonds. The number of nitrogens with one attached hydrogen (secondary N) is 1. The van der Waals surface area contributed by atoms with Gasteiger partial charge >= 0.3 is 0 Å². The molecule has 0 aliphatic carbocycles. The topological polar surface area (TPSA) is 35.8 Å². The van der Waals surface area contributed by atoms with Gasteiger partial charge in [0, 0.05) is 0 Å². The van der Waals surface area contributed by atoms with E-state index in [0.29, 0.717) is 0 Å². The number of aryl methyl sites for hydroxylation is 1. The summed E-state index contributed by atoms with van der Waals surface area (Å²) in [6.07, 6.45) is 0.978. The van der Waals surface area contributed by atoms with Gasteiger partial charge in [-0.05, 0) is 56.6 Å². The first-order valence-corrected chi connectivity index (χ1v) is 4.84. The van der Waals surface area contributed by atoms with Crippen molar-refractivity contribution in [3.05, 3.63) is 34.4 Å². The van der Waals surface area contributed by atoms with Crippen LogP contribution in [0.15, 0.2) is 12.1 Å². The van der Waals surface area contributed by atoms with E-state index >= 15 is 0 Å². The summed E-state index contributed by atoms with van der Waals surface area (Å²) in [6, 6.07) is 6.38. The molecule has 0 fully saturated rings. The van der Waals surface area contributed by atoms with Gasteiger partial charge in [0.25, 0.3) is 0 Å². The Labute approximate surface area is 85.6 Å². The summed E-state index contributed by atoms with van der Waals surface area (Å²) in [5, 5.41) is 12.0. The van der Waals surface area contributed by atoms with Crippen LogP contribution in [0.5, 0.6) is 0 Å². The predicted molar refractivity (Wildman–Crippen MR) is 58.3 cm³/mol. The lowest BCUT2D eigenvalue weighted by Crippen LogP contribution is -2.10.